The summed E-state index contributed by atoms with van der Waals surface area (Å²) in [6.45, 7) is 4.17. The molecule has 0 aromatic rings. The zero-order chi connectivity index (χ0) is 33.8. The maximum absolute atomic E-state index is 13.9. The highest BCUT2D eigenvalue weighted by atomic mass is 16.3. The number of aliphatic hydroxyl groups is 2. The Hall–Kier alpha value is -3.34. The number of unbranched alkanes of at least 4 members (excludes halogenated alkanes) is 1. The van der Waals surface area contributed by atoms with E-state index in [0.717, 1.165) is 0 Å². The van der Waals surface area contributed by atoms with Crippen LogP contribution in [0.2, 0.25) is 0 Å². The third-order valence-electron chi connectivity index (χ3n) is 8.80. The first-order valence-electron chi connectivity index (χ1n) is 16.4. The maximum Gasteiger partial charge on any atom is 0.246 e. The van der Waals surface area contributed by atoms with Crippen molar-refractivity contribution in [3.63, 3.8) is 0 Å². The molecule has 3 heterocycles. The summed E-state index contributed by atoms with van der Waals surface area (Å²) in [6, 6.07) is -4.78. The number of nitrogens with zero attached hydrogens (tertiary/aromatic N) is 3. The van der Waals surface area contributed by atoms with Crippen molar-refractivity contribution >= 4 is 35.4 Å². The Bertz CT molecular complexity index is 1100. The summed E-state index contributed by atoms with van der Waals surface area (Å²) in [6.07, 6.45) is 1.47. The molecule has 16 nitrogen and oxygen atoms in total. The second-order valence-electron chi connectivity index (χ2n) is 12.3. The number of ketones is 1. The molecule has 0 aliphatic carbocycles. The molecule has 7 atom stereocenters. The molecule has 3 aliphatic heterocycles. The van der Waals surface area contributed by atoms with E-state index in [1.807, 2.05) is 0 Å². The van der Waals surface area contributed by atoms with Gasteiger partial charge in [-0.15, -0.1) is 0 Å². The molecular formula is C30H52N9O7. The summed E-state index contributed by atoms with van der Waals surface area (Å²) in [5, 5.41) is 29.6. The van der Waals surface area contributed by atoms with Crippen LogP contribution >= 0.6 is 0 Å². The van der Waals surface area contributed by atoms with E-state index in [1.54, 1.807) is 0 Å². The van der Waals surface area contributed by atoms with E-state index in [1.165, 1.54) is 23.3 Å². The lowest BCUT2D eigenvalue weighted by atomic mass is 9.98. The molecular weight excluding hydrogens is 598 g/mol. The topological polar surface area (TPSA) is 259 Å². The van der Waals surface area contributed by atoms with Gasteiger partial charge in [-0.3, -0.25) is 34.3 Å². The van der Waals surface area contributed by atoms with Crippen molar-refractivity contribution < 1.29 is 34.2 Å². The van der Waals surface area contributed by atoms with Crippen molar-refractivity contribution in [2.75, 3.05) is 26.2 Å². The monoisotopic (exact) mass is 650 g/mol. The fourth-order valence-corrected chi connectivity index (χ4v) is 6.31. The van der Waals surface area contributed by atoms with E-state index in [-0.39, 0.29) is 37.7 Å². The summed E-state index contributed by atoms with van der Waals surface area (Å²) in [5.41, 5.74) is 16.5. The van der Waals surface area contributed by atoms with Gasteiger partial charge in [0.05, 0.1) is 12.1 Å². The average Bonchev–Trinajstić information content (AvgIpc) is 3.71. The number of carbonyl (C=O) groups is 5. The predicted octanol–water partition coefficient (Wildman–Crippen LogP) is -2.65. The van der Waals surface area contributed by atoms with E-state index in [0.29, 0.717) is 71.0 Å². The minimum absolute atomic E-state index is 0.0227. The number of hydrogen-bond acceptors (Lipinski definition) is 10. The van der Waals surface area contributed by atoms with Crippen LogP contribution in [0.3, 0.4) is 0 Å². The van der Waals surface area contributed by atoms with Gasteiger partial charge in [-0.2, -0.15) is 0 Å². The van der Waals surface area contributed by atoms with E-state index < -0.39 is 65.9 Å². The first kappa shape index (κ1) is 37.1. The highest BCUT2D eigenvalue weighted by Gasteiger charge is 2.44. The van der Waals surface area contributed by atoms with Crippen LogP contribution in [0, 0.1) is 6.54 Å². The quantitative estimate of drug-likeness (QED) is 0.0726. The molecule has 1 radical (unpaired) electrons. The third kappa shape index (κ3) is 10.1. The molecule has 0 bridgehead atoms. The SMILES string of the molecule is C[C@@H](O)[C@@H]1N[CH]CCC(O)C(=O)[C@H](CCCN=C(N)N)NC(=O)[C@@H]2CCCN2C(=O)[C@@H]2CCCN2C(=O)[C@H](CCCCN)NC1=O. The number of rotatable bonds is 9. The molecule has 4 amide bonds. The van der Waals surface area contributed by atoms with Crippen LogP contribution in [0.1, 0.15) is 77.6 Å². The summed E-state index contributed by atoms with van der Waals surface area (Å²) < 4.78 is 0. The smallest absolute Gasteiger partial charge is 0.246 e. The second kappa shape index (κ2) is 18.1. The van der Waals surface area contributed by atoms with Crippen molar-refractivity contribution in [2.45, 2.75) is 120 Å². The van der Waals surface area contributed by atoms with Gasteiger partial charge < -0.3 is 47.8 Å². The number of nitrogens with two attached hydrogens (primary N) is 3. The first-order chi connectivity index (χ1) is 22.0. The fraction of sp³-hybridized carbons (Fsp3) is 0.767. The highest BCUT2D eigenvalue weighted by Crippen LogP contribution is 2.26. The molecule has 259 valence electrons. The van der Waals surface area contributed by atoms with Gasteiger partial charge in [0.15, 0.2) is 11.7 Å². The molecule has 3 saturated heterocycles. The molecule has 3 aliphatic rings. The van der Waals surface area contributed by atoms with Crippen LogP contribution in [0.4, 0.5) is 0 Å². The molecule has 3 fully saturated rings. The van der Waals surface area contributed by atoms with Crippen LogP contribution < -0.4 is 33.2 Å². The van der Waals surface area contributed by atoms with Gasteiger partial charge in [0.2, 0.25) is 23.6 Å². The lowest BCUT2D eigenvalue weighted by molar-refractivity contribution is -0.148. The molecule has 0 saturated carbocycles. The first-order valence-corrected chi connectivity index (χ1v) is 16.4. The molecule has 11 N–H and O–H groups in total. The zero-order valence-corrected chi connectivity index (χ0v) is 26.7. The number of fused-ring (bicyclic) bond motifs is 2. The normalized spacial score (nSPS) is 29.6. The van der Waals surface area contributed by atoms with Crippen molar-refractivity contribution in [2.24, 2.45) is 22.2 Å². The number of amides is 4. The molecule has 0 aromatic heterocycles. The van der Waals surface area contributed by atoms with Gasteiger partial charge in [0.1, 0.15) is 30.3 Å². The minimum atomic E-state index is -1.44. The largest absolute Gasteiger partial charge is 0.391 e. The van der Waals surface area contributed by atoms with E-state index in [9.17, 15) is 34.2 Å². The van der Waals surface area contributed by atoms with Gasteiger partial charge in [-0.25, -0.2) is 0 Å². The molecule has 0 spiro atoms. The number of guanidine groups is 1. The zero-order valence-electron chi connectivity index (χ0n) is 26.7. The highest BCUT2D eigenvalue weighted by molar-refractivity contribution is 5.97. The third-order valence-corrected chi connectivity index (χ3v) is 8.80. The Morgan fingerprint density at radius 1 is 0.913 bits per heavy atom. The van der Waals surface area contributed by atoms with Crippen LogP contribution in [0.5, 0.6) is 0 Å². The van der Waals surface area contributed by atoms with Crippen molar-refractivity contribution in [1.82, 2.24) is 25.8 Å². The van der Waals surface area contributed by atoms with Crippen LogP contribution in [0.25, 0.3) is 0 Å². The summed E-state index contributed by atoms with van der Waals surface area (Å²) >= 11 is 0. The van der Waals surface area contributed by atoms with Gasteiger partial charge in [0.25, 0.3) is 0 Å². The number of hydrogen-bond donors (Lipinski definition) is 8. The lowest BCUT2D eigenvalue weighted by Gasteiger charge is -2.33. The molecule has 1 unspecified atom stereocenters. The standard InChI is InChI=1S/C30H52N9O7/c1-18(40)24-27(44)37-20(8-2-3-13-31)28(45)39-17-7-11-22(39)29(46)38-16-6-10-21(38)26(43)36-19(9-4-15-35-30(32)33)25(42)23(41)12-5-14-34-24/h14,18-24,34,40-41H,2-13,15-17,31H2,1H3,(H,36,43)(H,37,44)(H4,32,33,35)/t18-,19+,20+,21+,22+,23?,24+/m1/s1. The number of aliphatic imine (C=N–C) groups is 1. The molecule has 3 rings (SSSR count). The lowest BCUT2D eigenvalue weighted by Crippen LogP contribution is -2.59. The number of Topliss-reactive ketones (excluding diaryl/α,β-unsaturated/α-hetero) is 1. The van der Waals surface area contributed by atoms with Gasteiger partial charge in [0, 0.05) is 26.2 Å². The Labute approximate surface area is 270 Å². The van der Waals surface area contributed by atoms with Gasteiger partial charge in [-0.1, -0.05) is 0 Å². The summed E-state index contributed by atoms with van der Waals surface area (Å²) in [5.74, 6) is -2.58. The number of carbonyl (C=O) groups excluding carboxylic acids is 5. The minimum Gasteiger partial charge on any atom is -0.391 e. The van der Waals surface area contributed by atoms with Gasteiger partial charge >= 0.3 is 0 Å². The van der Waals surface area contributed by atoms with Crippen molar-refractivity contribution in [3.8, 4) is 0 Å². The Morgan fingerprint density at radius 2 is 1.54 bits per heavy atom. The number of nitrogens with one attached hydrogen (secondary N) is 3. The molecule has 46 heavy (non-hydrogen) atoms. The number of aliphatic hydroxyl groups excluding tert-OH is 2. The summed E-state index contributed by atoms with van der Waals surface area (Å²) in [7, 11) is 0. The summed E-state index contributed by atoms with van der Waals surface area (Å²) in [4.78, 5) is 75.0. The van der Waals surface area contributed by atoms with Crippen LogP contribution in [0.15, 0.2) is 4.99 Å². The second-order valence-corrected chi connectivity index (χ2v) is 12.3. The average molecular weight is 651 g/mol. The Balaban J connectivity index is 1.92. The Morgan fingerprint density at radius 3 is 2.20 bits per heavy atom. The molecule has 16 heteroatoms. The van der Waals surface area contributed by atoms with E-state index >= 15 is 0 Å². The maximum atomic E-state index is 13.9. The van der Waals surface area contributed by atoms with E-state index in [4.69, 9.17) is 17.2 Å². The molecule has 0 aromatic carbocycles. The van der Waals surface area contributed by atoms with Crippen molar-refractivity contribution in [3.05, 3.63) is 6.54 Å². The van der Waals surface area contributed by atoms with Gasteiger partial charge in [-0.05, 0) is 84.1 Å². The fourth-order valence-electron chi connectivity index (χ4n) is 6.31. The van der Waals surface area contributed by atoms with Crippen LogP contribution in [-0.2, 0) is 24.0 Å². The van der Waals surface area contributed by atoms with E-state index in [2.05, 4.69) is 20.9 Å². The van der Waals surface area contributed by atoms with Crippen LogP contribution in [-0.4, -0.2) is 124 Å². The van der Waals surface area contributed by atoms with Crippen molar-refractivity contribution in [1.29, 1.82) is 0 Å². The Kier molecular flexibility index (Phi) is 14.6. The predicted molar refractivity (Wildman–Crippen MR) is 169 cm³/mol.